The summed E-state index contributed by atoms with van der Waals surface area (Å²) in [5.74, 6) is -0.318. The molecule has 0 radical (unpaired) electrons. The van der Waals surface area contributed by atoms with Gasteiger partial charge in [0.15, 0.2) is 0 Å². The van der Waals surface area contributed by atoms with Crippen LogP contribution >= 0.6 is 0 Å². The Balaban J connectivity index is 2.14. The van der Waals surface area contributed by atoms with Crippen LogP contribution in [-0.4, -0.2) is 39.5 Å². The van der Waals surface area contributed by atoms with Crippen LogP contribution in [0.1, 0.15) is 18.2 Å². The van der Waals surface area contributed by atoms with Crippen LogP contribution in [0.5, 0.6) is 0 Å². The topological polar surface area (TPSA) is 78.2 Å². The average molecular weight is 359 g/mol. The van der Waals surface area contributed by atoms with Crippen LogP contribution in [0.2, 0.25) is 0 Å². The number of esters is 2. The zero-order chi connectivity index (χ0) is 18.8. The van der Waals surface area contributed by atoms with E-state index < -0.39 is 11.9 Å². The van der Waals surface area contributed by atoms with Gasteiger partial charge >= 0.3 is 11.9 Å². The molecular formula is C19H21NO6. The normalized spacial score (nSPS) is 14.7. The van der Waals surface area contributed by atoms with Crippen LogP contribution in [0.4, 0.5) is 5.69 Å². The third kappa shape index (κ3) is 2.94. The van der Waals surface area contributed by atoms with E-state index in [1.165, 1.54) is 14.2 Å². The molecule has 0 N–H and O–H groups in total. The second-order valence-electron chi connectivity index (χ2n) is 5.90. The maximum absolute atomic E-state index is 12.4. The van der Waals surface area contributed by atoms with Crippen LogP contribution in [0.3, 0.4) is 0 Å². The van der Waals surface area contributed by atoms with Gasteiger partial charge in [0, 0.05) is 17.5 Å². The highest BCUT2D eigenvalue weighted by molar-refractivity contribution is 6.03. The number of fused-ring (bicyclic) bond motifs is 1. The van der Waals surface area contributed by atoms with Crippen LogP contribution in [0.25, 0.3) is 11.0 Å². The highest BCUT2D eigenvalue weighted by Crippen LogP contribution is 2.33. The molecule has 26 heavy (non-hydrogen) atoms. The number of nitrogens with zero attached hydrogens (tertiary/aromatic N) is 1. The van der Waals surface area contributed by atoms with Crippen molar-refractivity contribution >= 4 is 28.6 Å². The monoisotopic (exact) mass is 359 g/mol. The Morgan fingerprint density at radius 1 is 1.19 bits per heavy atom. The first-order chi connectivity index (χ1) is 12.5. The first kappa shape index (κ1) is 18.0. The molecule has 7 heteroatoms. The lowest BCUT2D eigenvalue weighted by molar-refractivity contribution is -0.140. The Kier molecular flexibility index (Phi) is 4.99. The Hall–Kier alpha value is -2.80. The summed E-state index contributed by atoms with van der Waals surface area (Å²) >= 11 is 0. The molecule has 1 aliphatic rings. The van der Waals surface area contributed by atoms with Crippen molar-refractivity contribution in [3.8, 4) is 0 Å². The SMILES string of the molecule is CCc1oc2ccc(N3COCC(C(=O)OC)=C3C(=O)OC)cc2c1C. The molecule has 0 bridgehead atoms. The van der Waals surface area contributed by atoms with E-state index >= 15 is 0 Å². The molecule has 0 unspecified atom stereocenters. The summed E-state index contributed by atoms with van der Waals surface area (Å²) in [6, 6.07) is 5.58. The van der Waals surface area contributed by atoms with Gasteiger partial charge in [-0.2, -0.15) is 0 Å². The minimum absolute atomic E-state index is 0.0133. The Labute approximate surface area is 151 Å². The Morgan fingerprint density at radius 2 is 1.92 bits per heavy atom. The molecule has 2 aromatic rings. The second kappa shape index (κ2) is 7.21. The highest BCUT2D eigenvalue weighted by atomic mass is 16.5. The smallest absolute Gasteiger partial charge is 0.355 e. The van der Waals surface area contributed by atoms with E-state index in [1.807, 2.05) is 32.0 Å². The molecule has 0 fully saturated rings. The number of methoxy groups -OCH3 is 2. The lowest BCUT2D eigenvalue weighted by Crippen LogP contribution is -2.38. The third-order valence-corrected chi connectivity index (χ3v) is 4.48. The van der Waals surface area contributed by atoms with E-state index in [0.717, 1.165) is 28.7 Å². The minimum Gasteiger partial charge on any atom is -0.466 e. The Morgan fingerprint density at radius 3 is 2.58 bits per heavy atom. The van der Waals surface area contributed by atoms with Gasteiger partial charge in [-0.05, 0) is 30.7 Å². The molecule has 3 rings (SSSR count). The summed E-state index contributed by atoms with van der Waals surface area (Å²) in [5, 5.41) is 0.953. The first-order valence-corrected chi connectivity index (χ1v) is 8.28. The van der Waals surface area contributed by atoms with Crippen molar-refractivity contribution in [1.82, 2.24) is 0 Å². The summed E-state index contributed by atoms with van der Waals surface area (Å²) in [7, 11) is 2.53. The molecule has 1 aromatic carbocycles. The van der Waals surface area contributed by atoms with E-state index in [2.05, 4.69) is 0 Å². The van der Waals surface area contributed by atoms with E-state index in [1.54, 1.807) is 4.90 Å². The van der Waals surface area contributed by atoms with Gasteiger partial charge < -0.3 is 23.5 Å². The second-order valence-corrected chi connectivity index (χ2v) is 5.90. The fourth-order valence-electron chi connectivity index (χ4n) is 3.11. The van der Waals surface area contributed by atoms with Gasteiger partial charge in [0.25, 0.3) is 0 Å². The number of ether oxygens (including phenoxy) is 3. The van der Waals surface area contributed by atoms with Crippen molar-refractivity contribution in [2.75, 3.05) is 32.5 Å². The predicted octanol–water partition coefficient (Wildman–Crippen LogP) is 2.70. The van der Waals surface area contributed by atoms with Crippen molar-refractivity contribution in [2.24, 2.45) is 0 Å². The fourth-order valence-corrected chi connectivity index (χ4v) is 3.11. The van der Waals surface area contributed by atoms with Gasteiger partial charge in [0.05, 0.1) is 26.4 Å². The number of rotatable bonds is 4. The molecule has 2 heterocycles. The molecule has 0 aliphatic carbocycles. The maximum atomic E-state index is 12.4. The maximum Gasteiger partial charge on any atom is 0.355 e. The molecule has 0 saturated heterocycles. The van der Waals surface area contributed by atoms with E-state index in [0.29, 0.717) is 5.69 Å². The van der Waals surface area contributed by atoms with Gasteiger partial charge in [-0.15, -0.1) is 0 Å². The Bertz CT molecular complexity index is 895. The standard InChI is InChI=1S/C19H21NO6/c1-5-15-11(2)13-8-12(6-7-16(13)26-15)20-10-25-9-14(18(21)23-3)17(20)19(22)24-4/h6-8H,5,9-10H2,1-4H3. The number of anilines is 1. The zero-order valence-electron chi connectivity index (χ0n) is 15.3. The molecule has 7 nitrogen and oxygen atoms in total. The molecule has 138 valence electrons. The van der Waals surface area contributed by atoms with Crippen LogP contribution in [-0.2, 0) is 30.2 Å². The molecular weight excluding hydrogens is 338 g/mol. The summed E-state index contributed by atoms with van der Waals surface area (Å²) in [6.45, 7) is 4.14. The lowest BCUT2D eigenvalue weighted by atomic mass is 10.1. The predicted molar refractivity (Wildman–Crippen MR) is 94.7 cm³/mol. The highest BCUT2D eigenvalue weighted by Gasteiger charge is 2.32. The lowest BCUT2D eigenvalue weighted by Gasteiger charge is -2.31. The van der Waals surface area contributed by atoms with Crippen LogP contribution in [0, 0.1) is 6.92 Å². The van der Waals surface area contributed by atoms with E-state index in [9.17, 15) is 9.59 Å². The minimum atomic E-state index is -0.621. The molecule has 0 saturated carbocycles. The quantitative estimate of drug-likeness (QED) is 0.777. The average Bonchev–Trinajstić information content (AvgIpc) is 3.01. The van der Waals surface area contributed by atoms with Gasteiger partial charge in [-0.25, -0.2) is 9.59 Å². The number of hydrogen-bond donors (Lipinski definition) is 0. The van der Waals surface area contributed by atoms with Crippen molar-refractivity contribution in [2.45, 2.75) is 20.3 Å². The van der Waals surface area contributed by atoms with E-state index in [-0.39, 0.29) is 24.6 Å². The van der Waals surface area contributed by atoms with Crippen LogP contribution < -0.4 is 4.90 Å². The van der Waals surface area contributed by atoms with Gasteiger partial charge in [-0.3, -0.25) is 0 Å². The van der Waals surface area contributed by atoms with Gasteiger partial charge in [0.2, 0.25) is 0 Å². The van der Waals surface area contributed by atoms with Gasteiger partial charge in [0.1, 0.15) is 23.8 Å². The van der Waals surface area contributed by atoms with Crippen molar-refractivity contribution in [3.63, 3.8) is 0 Å². The van der Waals surface area contributed by atoms with Crippen molar-refractivity contribution < 1.29 is 28.2 Å². The van der Waals surface area contributed by atoms with Crippen molar-refractivity contribution in [1.29, 1.82) is 0 Å². The van der Waals surface area contributed by atoms with Crippen molar-refractivity contribution in [3.05, 3.63) is 40.8 Å². The number of furan rings is 1. The number of carbonyl (C=O) groups is 2. The number of hydrogen-bond acceptors (Lipinski definition) is 7. The molecule has 0 spiro atoms. The fraction of sp³-hybridized carbons (Fsp3) is 0.368. The zero-order valence-corrected chi connectivity index (χ0v) is 15.3. The summed E-state index contributed by atoms with van der Waals surface area (Å²) < 4.78 is 21.0. The molecule has 0 atom stereocenters. The number of carbonyl (C=O) groups excluding carboxylic acids is 2. The number of aryl methyl sites for hydroxylation is 2. The first-order valence-electron chi connectivity index (χ1n) is 8.28. The largest absolute Gasteiger partial charge is 0.466 e. The third-order valence-electron chi connectivity index (χ3n) is 4.48. The number of benzene rings is 1. The van der Waals surface area contributed by atoms with Gasteiger partial charge in [-0.1, -0.05) is 6.92 Å². The molecule has 1 aliphatic heterocycles. The van der Waals surface area contributed by atoms with Crippen LogP contribution in [0.15, 0.2) is 33.9 Å². The summed E-state index contributed by atoms with van der Waals surface area (Å²) in [6.07, 6.45) is 0.794. The summed E-state index contributed by atoms with van der Waals surface area (Å²) in [4.78, 5) is 26.0. The summed E-state index contributed by atoms with van der Waals surface area (Å²) in [5.41, 5.74) is 2.79. The molecule has 1 aromatic heterocycles. The van der Waals surface area contributed by atoms with E-state index in [4.69, 9.17) is 18.6 Å². The molecule has 0 amide bonds.